The van der Waals surface area contributed by atoms with E-state index in [9.17, 15) is 0 Å². The van der Waals surface area contributed by atoms with Crippen LogP contribution < -0.4 is 5.32 Å². The van der Waals surface area contributed by atoms with Crippen LogP contribution >= 0.6 is 0 Å². The first kappa shape index (κ1) is 16.6. The lowest BCUT2D eigenvalue weighted by molar-refractivity contribution is 0.113. The van der Waals surface area contributed by atoms with Crippen molar-refractivity contribution in [2.24, 2.45) is 5.92 Å². The van der Waals surface area contributed by atoms with Crippen molar-refractivity contribution in [1.29, 1.82) is 0 Å². The molecule has 0 heterocycles. The lowest BCUT2D eigenvalue weighted by Gasteiger charge is -2.32. The van der Waals surface area contributed by atoms with Crippen LogP contribution in [0, 0.1) is 5.92 Å². The Morgan fingerprint density at radius 1 is 1.29 bits per heavy atom. The zero-order valence-corrected chi connectivity index (χ0v) is 12.2. The maximum absolute atomic E-state index is 5.16. The van der Waals surface area contributed by atoms with Crippen LogP contribution in [-0.2, 0) is 4.74 Å². The van der Waals surface area contributed by atoms with Gasteiger partial charge in [0.05, 0.1) is 6.61 Å². The number of nitrogens with one attached hydrogen (secondary N) is 1. The van der Waals surface area contributed by atoms with Gasteiger partial charge in [-0.25, -0.2) is 0 Å². The van der Waals surface area contributed by atoms with Crippen molar-refractivity contribution in [3.8, 4) is 0 Å². The van der Waals surface area contributed by atoms with Gasteiger partial charge in [0, 0.05) is 32.3 Å². The summed E-state index contributed by atoms with van der Waals surface area (Å²) < 4.78 is 5.16. The van der Waals surface area contributed by atoms with Gasteiger partial charge in [-0.2, -0.15) is 0 Å². The summed E-state index contributed by atoms with van der Waals surface area (Å²) in [4.78, 5) is 2.42. The Morgan fingerprint density at radius 2 is 1.94 bits per heavy atom. The van der Waals surface area contributed by atoms with E-state index in [1.165, 1.54) is 0 Å². The molecule has 0 spiro atoms. The van der Waals surface area contributed by atoms with E-state index >= 15 is 0 Å². The summed E-state index contributed by atoms with van der Waals surface area (Å²) in [7, 11) is 1.75. The van der Waals surface area contributed by atoms with Crippen LogP contribution in [0.1, 0.15) is 27.7 Å². The van der Waals surface area contributed by atoms with Gasteiger partial charge >= 0.3 is 0 Å². The van der Waals surface area contributed by atoms with Crippen LogP contribution in [0.3, 0.4) is 0 Å². The Morgan fingerprint density at radius 3 is 2.41 bits per heavy atom. The third kappa shape index (κ3) is 7.53. The zero-order chi connectivity index (χ0) is 13.3. The van der Waals surface area contributed by atoms with Gasteiger partial charge < -0.3 is 10.1 Å². The number of ether oxygens (including phenoxy) is 1. The second-order valence-electron chi connectivity index (χ2n) is 5.06. The number of nitrogens with zero attached hydrogens (tertiary/aromatic N) is 1. The summed E-state index contributed by atoms with van der Waals surface area (Å²) in [5.41, 5.74) is 0. The molecule has 2 atom stereocenters. The van der Waals surface area contributed by atoms with E-state index in [-0.39, 0.29) is 0 Å². The topological polar surface area (TPSA) is 24.5 Å². The van der Waals surface area contributed by atoms with E-state index in [1.54, 1.807) is 7.11 Å². The number of rotatable bonds is 10. The van der Waals surface area contributed by atoms with E-state index in [2.05, 4.69) is 44.5 Å². The van der Waals surface area contributed by atoms with Crippen molar-refractivity contribution in [1.82, 2.24) is 10.2 Å². The van der Waals surface area contributed by atoms with Crippen LogP contribution in [0.4, 0.5) is 0 Å². The van der Waals surface area contributed by atoms with Crippen molar-refractivity contribution in [2.75, 3.05) is 33.4 Å². The van der Waals surface area contributed by atoms with Gasteiger partial charge in [-0.3, -0.25) is 4.90 Å². The van der Waals surface area contributed by atoms with Gasteiger partial charge in [0.15, 0.2) is 0 Å². The number of methoxy groups -OCH3 is 1. The minimum atomic E-state index is 0.536. The zero-order valence-electron chi connectivity index (χ0n) is 12.2. The Hall–Kier alpha value is -0.380. The molecule has 0 bridgehead atoms. The summed E-state index contributed by atoms with van der Waals surface area (Å²) in [6, 6.07) is 1.09. The van der Waals surface area contributed by atoms with Crippen molar-refractivity contribution >= 4 is 0 Å². The van der Waals surface area contributed by atoms with Crippen molar-refractivity contribution in [3.05, 3.63) is 12.7 Å². The SMILES string of the molecule is C=CCN(CCOC)C(C)C(C)CNC(C)C. The minimum Gasteiger partial charge on any atom is -0.383 e. The van der Waals surface area contributed by atoms with E-state index in [0.717, 1.165) is 26.2 Å². The highest BCUT2D eigenvalue weighted by Gasteiger charge is 2.18. The van der Waals surface area contributed by atoms with Crippen molar-refractivity contribution in [2.45, 2.75) is 39.8 Å². The monoisotopic (exact) mass is 242 g/mol. The largest absolute Gasteiger partial charge is 0.383 e. The molecule has 0 saturated heterocycles. The molecular formula is C14H30N2O. The van der Waals surface area contributed by atoms with E-state index in [4.69, 9.17) is 4.74 Å². The fourth-order valence-electron chi connectivity index (χ4n) is 1.79. The number of hydrogen-bond donors (Lipinski definition) is 1. The van der Waals surface area contributed by atoms with Crippen LogP contribution in [-0.4, -0.2) is 50.3 Å². The third-order valence-electron chi connectivity index (χ3n) is 3.19. The average molecular weight is 242 g/mol. The molecule has 0 aliphatic rings. The molecule has 0 rings (SSSR count). The summed E-state index contributed by atoms with van der Waals surface area (Å²) >= 11 is 0. The molecule has 0 aromatic carbocycles. The molecule has 1 N–H and O–H groups in total. The van der Waals surface area contributed by atoms with E-state index in [0.29, 0.717) is 18.0 Å². The molecule has 0 aliphatic carbocycles. The van der Waals surface area contributed by atoms with Gasteiger partial charge in [0.1, 0.15) is 0 Å². The van der Waals surface area contributed by atoms with Crippen LogP contribution in [0.25, 0.3) is 0 Å². The molecule has 102 valence electrons. The van der Waals surface area contributed by atoms with Gasteiger partial charge in [0.2, 0.25) is 0 Å². The summed E-state index contributed by atoms with van der Waals surface area (Å²) in [5.74, 6) is 0.620. The first-order valence-corrected chi connectivity index (χ1v) is 6.60. The Bertz CT molecular complexity index is 195. The lowest BCUT2D eigenvalue weighted by Crippen LogP contribution is -2.43. The second kappa shape index (κ2) is 9.63. The molecule has 17 heavy (non-hydrogen) atoms. The third-order valence-corrected chi connectivity index (χ3v) is 3.19. The fraction of sp³-hybridized carbons (Fsp3) is 0.857. The van der Waals surface area contributed by atoms with Gasteiger partial charge in [-0.05, 0) is 19.4 Å². The molecule has 0 fully saturated rings. The molecule has 2 unspecified atom stereocenters. The lowest BCUT2D eigenvalue weighted by atomic mass is 10.0. The standard InChI is InChI=1S/C14H30N2O/c1-7-8-16(9-10-17-6)14(5)13(4)11-15-12(2)3/h7,12-15H,1,8-11H2,2-6H3. The first-order valence-electron chi connectivity index (χ1n) is 6.60. The van der Waals surface area contributed by atoms with Crippen LogP contribution in [0.2, 0.25) is 0 Å². The molecular weight excluding hydrogens is 212 g/mol. The normalized spacial score (nSPS) is 15.2. The minimum absolute atomic E-state index is 0.536. The van der Waals surface area contributed by atoms with Crippen LogP contribution in [0.15, 0.2) is 12.7 Å². The second-order valence-corrected chi connectivity index (χ2v) is 5.06. The summed E-state index contributed by atoms with van der Waals surface area (Å²) in [5, 5.41) is 3.50. The number of hydrogen-bond acceptors (Lipinski definition) is 3. The van der Waals surface area contributed by atoms with E-state index in [1.807, 2.05) is 6.08 Å². The highest BCUT2D eigenvalue weighted by molar-refractivity contribution is 4.81. The average Bonchev–Trinajstić information content (AvgIpc) is 2.30. The van der Waals surface area contributed by atoms with Crippen molar-refractivity contribution < 1.29 is 4.74 Å². The Kier molecular flexibility index (Phi) is 9.41. The predicted molar refractivity (Wildman–Crippen MR) is 75.4 cm³/mol. The highest BCUT2D eigenvalue weighted by atomic mass is 16.5. The van der Waals surface area contributed by atoms with Crippen LogP contribution in [0.5, 0.6) is 0 Å². The predicted octanol–water partition coefficient (Wildman–Crippen LogP) is 2.14. The van der Waals surface area contributed by atoms with E-state index < -0.39 is 0 Å². The smallest absolute Gasteiger partial charge is 0.0589 e. The molecule has 0 aromatic heterocycles. The molecule has 3 nitrogen and oxygen atoms in total. The molecule has 3 heteroatoms. The molecule has 0 aromatic rings. The maximum atomic E-state index is 5.16. The Labute approximate surface area is 107 Å². The molecule has 0 saturated carbocycles. The summed E-state index contributed by atoms with van der Waals surface area (Å²) in [6.45, 7) is 16.5. The quantitative estimate of drug-likeness (QED) is 0.594. The molecule has 0 radical (unpaired) electrons. The van der Waals surface area contributed by atoms with Crippen molar-refractivity contribution in [3.63, 3.8) is 0 Å². The molecule has 0 aliphatic heterocycles. The van der Waals surface area contributed by atoms with Gasteiger partial charge in [-0.15, -0.1) is 6.58 Å². The fourth-order valence-corrected chi connectivity index (χ4v) is 1.79. The maximum Gasteiger partial charge on any atom is 0.0589 e. The molecule has 0 amide bonds. The first-order chi connectivity index (χ1) is 8.02. The Balaban J connectivity index is 4.16. The summed E-state index contributed by atoms with van der Waals surface area (Å²) in [6.07, 6.45) is 1.97. The highest BCUT2D eigenvalue weighted by Crippen LogP contribution is 2.10. The van der Waals surface area contributed by atoms with Gasteiger partial charge in [-0.1, -0.05) is 26.8 Å². The van der Waals surface area contributed by atoms with Gasteiger partial charge in [0.25, 0.3) is 0 Å².